The Morgan fingerprint density at radius 1 is 1.08 bits per heavy atom. The molecule has 5 nitrogen and oxygen atoms in total. The maximum absolute atomic E-state index is 12.6. The zero-order chi connectivity index (χ0) is 17.6. The van der Waals surface area contributed by atoms with E-state index in [9.17, 15) is 4.79 Å². The van der Waals surface area contributed by atoms with Crippen LogP contribution in [0, 0.1) is 6.92 Å². The van der Waals surface area contributed by atoms with Gasteiger partial charge < -0.3 is 4.74 Å². The quantitative estimate of drug-likeness (QED) is 0.715. The fraction of sp³-hybridized carbons (Fsp3) is 0.150. The van der Waals surface area contributed by atoms with E-state index in [1.54, 1.807) is 31.6 Å². The van der Waals surface area contributed by atoms with Crippen LogP contribution >= 0.6 is 0 Å². The number of aromatic nitrogens is 2. The molecule has 0 aliphatic rings. The number of anilines is 1. The van der Waals surface area contributed by atoms with E-state index in [0.29, 0.717) is 23.7 Å². The minimum absolute atomic E-state index is 0.113. The van der Waals surface area contributed by atoms with Crippen molar-refractivity contribution in [2.75, 3.05) is 11.9 Å². The van der Waals surface area contributed by atoms with Gasteiger partial charge in [0.15, 0.2) is 0 Å². The summed E-state index contributed by atoms with van der Waals surface area (Å²) in [4.78, 5) is 22.6. The summed E-state index contributed by atoms with van der Waals surface area (Å²) >= 11 is 0. The first-order valence-electron chi connectivity index (χ1n) is 7.97. The zero-order valence-electron chi connectivity index (χ0n) is 14.2. The van der Waals surface area contributed by atoms with Crippen LogP contribution < -0.4 is 9.64 Å². The SMILES string of the molecule is Cc1ccc(OCc2cccc(C(=O)N(C)c3ccccn3)c2)cn1. The van der Waals surface area contributed by atoms with Gasteiger partial charge in [-0.25, -0.2) is 4.98 Å². The second-order valence-corrected chi connectivity index (χ2v) is 5.68. The summed E-state index contributed by atoms with van der Waals surface area (Å²) in [5.41, 5.74) is 2.45. The zero-order valence-corrected chi connectivity index (χ0v) is 14.2. The van der Waals surface area contributed by atoms with Gasteiger partial charge >= 0.3 is 0 Å². The molecular weight excluding hydrogens is 314 g/mol. The third-order valence-corrected chi connectivity index (χ3v) is 3.76. The molecule has 0 bridgehead atoms. The highest BCUT2D eigenvalue weighted by Gasteiger charge is 2.14. The largest absolute Gasteiger partial charge is 0.487 e. The van der Waals surface area contributed by atoms with Crippen molar-refractivity contribution in [3.63, 3.8) is 0 Å². The molecule has 1 amide bonds. The molecule has 25 heavy (non-hydrogen) atoms. The van der Waals surface area contributed by atoms with Crippen LogP contribution in [-0.4, -0.2) is 22.9 Å². The third-order valence-electron chi connectivity index (χ3n) is 3.76. The van der Waals surface area contributed by atoms with Crippen molar-refractivity contribution in [2.45, 2.75) is 13.5 Å². The molecule has 2 heterocycles. The van der Waals surface area contributed by atoms with E-state index in [1.807, 2.05) is 49.4 Å². The van der Waals surface area contributed by atoms with Crippen LogP contribution in [0.15, 0.2) is 67.0 Å². The van der Waals surface area contributed by atoms with Crippen LogP contribution in [0.5, 0.6) is 5.75 Å². The average Bonchev–Trinajstić information content (AvgIpc) is 2.67. The van der Waals surface area contributed by atoms with Gasteiger partial charge in [-0.2, -0.15) is 0 Å². The predicted octanol–water partition coefficient (Wildman–Crippen LogP) is 3.64. The molecule has 5 heteroatoms. The number of rotatable bonds is 5. The van der Waals surface area contributed by atoms with E-state index in [-0.39, 0.29) is 5.91 Å². The maximum Gasteiger partial charge on any atom is 0.259 e. The summed E-state index contributed by atoms with van der Waals surface area (Å²) in [6.45, 7) is 2.30. The van der Waals surface area contributed by atoms with Gasteiger partial charge in [-0.05, 0) is 48.9 Å². The summed E-state index contributed by atoms with van der Waals surface area (Å²) < 4.78 is 5.73. The number of carbonyl (C=O) groups excluding carboxylic acids is 1. The lowest BCUT2D eigenvalue weighted by atomic mass is 10.1. The maximum atomic E-state index is 12.6. The van der Waals surface area contributed by atoms with Gasteiger partial charge in [0.2, 0.25) is 0 Å². The van der Waals surface area contributed by atoms with Crippen LogP contribution in [0.4, 0.5) is 5.82 Å². The van der Waals surface area contributed by atoms with Crippen molar-refractivity contribution < 1.29 is 9.53 Å². The number of amides is 1. The molecular formula is C20H19N3O2. The number of aryl methyl sites for hydroxylation is 1. The van der Waals surface area contributed by atoms with Crippen molar-refractivity contribution in [3.05, 3.63) is 83.8 Å². The molecule has 0 N–H and O–H groups in total. The molecule has 0 saturated heterocycles. The Labute approximate surface area is 146 Å². The van der Waals surface area contributed by atoms with Gasteiger partial charge in [-0.15, -0.1) is 0 Å². The molecule has 0 unspecified atom stereocenters. The minimum atomic E-state index is -0.113. The first kappa shape index (κ1) is 16.6. The molecule has 3 aromatic rings. The molecule has 126 valence electrons. The number of benzene rings is 1. The molecule has 0 aliphatic heterocycles. The lowest BCUT2D eigenvalue weighted by Crippen LogP contribution is -2.27. The second-order valence-electron chi connectivity index (χ2n) is 5.68. The first-order valence-corrected chi connectivity index (χ1v) is 7.97. The summed E-state index contributed by atoms with van der Waals surface area (Å²) in [5.74, 6) is 1.20. The summed E-state index contributed by atoms with van der Waals surface area (Å²) in [5, 5.41) is 0. The fourth-order valence-electron chi connectivity index (χ4n) is 2.35. The number of hydrogen-bond acceptors (Lipinski definition) is 4. The van der Waals surface area contributed by atoms with Crippen LogP contribution in [0.2, 0.25) is 0 Å². The van der Waals surface area contributed by atoms with Gasteiger partial charge in [0, 0.05) is 24.5 Å². The molecule has 0 atom stereocenters. The van der Waals surface area contributed by atoms with E-state index < -0.39 is 0 Å². The Morgan fingerprint density at radius 2 is 1.96 bits per heavy atom. The average molecular weight is 333 g/mol. The van der Waals surface area contributed by atoms with Crippen molar-refractivity contribution in [1.82, 2.24) is 9.97 Å². The van der Waals surface area contributed by atoms with E-state index in [0.717, 1.165) is 11.3 Å². The smallest absolute Gasteiger partial charge is 0.259 e. The third kappa shape index (κ3) is 4.20. The van der Waals surface area contributed by atoms with Gasteiger partial charge in [-0.3, -0.25) is 14.7 Å². The summed E-state index contributed by atoms with van der Waals surface area (Å²) in [6.07, 6.45) is 3.36. The molecule has 3 rings (SSSR count). The van der Waals surface area contributed by atoms with Crippen LogP contribution in [-0.2, 0) is 6.61 Å². The molecule has 0 aliphatic carbocycles. The Balaban J connectivity index is 1.70. The van der Waals surface area contributed by atoms with E-state index in [4.69, 9.17) is 4.74 Å². The Hall–Kier alpha value is -3.21. The Morgan fingerprint density at radius 3 is 2.68 bits per heavy atom. The molecule has 0 radical (unpaired) electrons. The van der Waals surface area contributed by atoms with Gasteiger partial charge in [-0.1, -0.05) is 18.2 Å². The molecule has 0 saturated carbocycles. The van der Waals surface area contributed by atoms with Crippen LogP contribution in [0.25, 0.3) is 0 Å². The monoisotopic (exact) mass is 333 g/mol. The first-order chi connectivity index (χ1) is 12.1. The highest BCUT2D eigenvalue weighted by Crippen LogP contribution is 2.15. The number of ether oxygens (including phenoxy) is 1. The van der Waals surface area contributed by atoms with Crippen molar-refractivity contribution >= 4 is 11.7 Å². The molecule has 1 aromatic carbocycles. The van der Waals surface area contributed by atoms with E-state index in [2.05, 4.69) is 9.97 Å². The molecule has 2 aromatic heterocycles. The summed E-state index contributed by atoms with van der Waals surface area (Å²) in [7, 11) is 1.71. The lowest BCUT2D eigenvalue weighted by molar-refractivity contribution is 0.0992. The van der Waals surface area contributed by atoms with Gasteiger partial charge in [0.1, 0.15) is 18.2 Å². The Bertz CT molecular complexity index is 848. The number of pyridine rings is 2. The fourth-order valence-corrected chi connectivity index (χ4v) is 2.35. The predicted molar refractivity (Wildman–Crippen MR) is 96.7 cm³/mol. The molecule has 0 spiro atoms. The number of carbonyl (C=O) groups is 1. The van der Waals surface area contributed by atoms with Gasteiger partial charge in [0.25, 0.3) is 5.91 Å². The van der Waals surface area contributed by atoms with Gasteiger partial charge in [0.05, 0.1) is 6.20 Å². The van der Waals surface area contributed by atoms with Crippen LogP contribution in [0.1, 0.15) is 21.6 Å². The van der Waals surface area contributed by atoms with Crippen molar-refractivity contribution in [2.24, 2.45) is 0 Å². The minimum Gasteiger partial charge on any atom is -0.487 e. The topological polar surface area (TPSA) is 55.3 Å². The van der Waals surface area contributed by atoms with Crippen molar-refractivity contribution in [3.8, 4) is 5.75 Å². The highest BCUT2D eigenvalue weighted by atomic mass is 16.5. The Kier molecular flexibility index (Phi) is 5.04. The van der Waals surface area contributed by atoms with E-state index in [1.165, 1.54) is 4.90 Å². The lowest BCUT2D eigenvalue weighted by Gasteiger charge is -2.16. The standard InChI is InChI=1S/C20H19N3O2/c1-15-9-10-18(13-22-15)25-14-16-6-5-7-17(12-16)20(24)23(2)19-8-3-4-11-21-19/h3-13H,14H2,1-2H3. The number of nitrogens with zero attached hydrogens (tertiary/aromatic N) is 3. The highest BCUT2D eigenvalue weighted by molar-refractivity contribution is 6.05. The number of hydrogen-bond donors (Lipinski definition) is 0. The van der Waals surface area contributed by atoms with Crippen molar-refractivity contribution in [1.29, 1.82) is 0 Å². The van der Waals surface area contributed by atoms with Crippen LogP contribution in [0.3, 0.4) is 0 Å². The second kappa shape index (κ2) is 7.57. The molecule has 0 fully saturated rings. The summed E-state index contributed by atoms with van der Waals surface area (Å²) in [6, 6.07) is 16.7. The normalized spacial score (nSPS) is 10.3. The van der Waals surface area contributed by atoms with E-state index >= 15 is 0 Å².